The summed E-state index contributed by atoms with van der Waals surface area (Å²) in [7, 11) is 1.84. The van der Waals surface area contributed by atoms with Crippen LogP contribution in [0.3, 0.4) is 0 Å². The van der Waals surface area contributed by atoms with Crippen LogP contribution in [-0.4, -0.2) is 17.8 Å². The third kappa shape index (κ3) is 2.65. The van der Waals surface area contributed by atoms with Crippen LogP contribution in [0, 0.1) is 0 Å². The second kappa shape index (κ2) is 5.66. The summed E-state index contributed by atoms with van der Waals surface area (Å²) in [6, 6.07) is 3.13. The van der Waals surface area contributed by atoms with E-state index >= 15 is 0 Å². The zero-order valence-electron chi connectivity index (χ0n) is 11.9. The molecule has 0 aromatic carbocycles. The van der Waals surface area contributed by atoms with E-state index in [1.54, 1.807) is 23.1 Å². The van der Waals surface area contributed by atoms with E-state index in [1.165, 1.54) is 4.21 Å². The standard InChI is InChI=1S/C14H14F3N3S2/c1-3-21-13-9(4-5-22-13)11-19-10-6-8(14(15,16)17)7-18-12(10)20(11)2/h4-7,11,19H,3H2,1-2H3. The molecule has 0 aliphatic carbocycles. The van der Waals surface area contributed by atoms with Crippen LogP contribution in [0.25, 0.3) is 0 Å². The highest BCUT2D eigenvalue weighted by Crippen LogP contribution is 2.44. The number of halogens is 3. The largest absolute Gasteiger partial charge is 0.417 e. The lowest BCUT2D eigenvalue weighted by atomic mass is 10.2. The number of thioether (sulfide) groups is 1. The van der Waals surface area contributed by atoms with Gasteiger partial charge in [0.15, 0.2) is 5.82 Å². The summed E-state index contributed by atoms with van der Waals surface area (Å²) in [6.45, 7) is 2.08. The van der Waals surface area contributed by atoms with Gasteiger partial charge in [-0.3, -0.25) is 0 Å². The molecule has 3 nitrogen and oxygen atoms in total. The van der Waals surface area contributed by atoms with E-state index in [0.717, 1.165) is 23.6 Å². The normalized spacial score (nSPS) is 17.5. The molecule has 3 rings (SSSR count). The van der Waals surface area contributed by atoms with Crippen LogP contribution < -0.4 is 10.2 Å². The maximum atomic E-state index is 12.8. The zero-order valence-corrected chi connectivity index (χ0v) is 13.6. The molecule has 1 aliphatic rings. The quantitative estimate of drug-likeness (QED) is 0.806. The Morgan fingerprint density at radius 2 is 2.23 bits per heavy atom. The fourth-order valence-corrected chi connectivity index (χ4v) is 4.46. The Labute approximate surface area is 134 Å². The van der Waals surface area contributed by atoms with Gasteiger partial charge in [-0.15, -0.1) is 23.1 Å². The van der Waals surface area contributed by atoms with Gasteiger partial charge in [0.05, 0.1) is 15.5 Å². The number of alkyl halides is 3. The SMILES string of the molecule is CCSc1sccc1C1Nc2cc(C(F)(F)F)cnc2N1C. The molecule has 1 unspecified atom stereocenters. The molecule has 118 valence electrons. The lowest BCUT2D eigenvalue weighted by molar-refractivity contribution is -0.137. The maximum Gasteiger partial charge on any atom is 0.417 e. The number of nitrogens with one attached hydrogen (secondary N) is 1. The molecule has 0 bridgehead atoms. The summed E-state index contributed by atoms with van der Waals surface area (Å²) in [5.74, 6) is 1.49. The fourth-order valence-electron chi connectivity index (χ4n) is 2.41. The van der Waals surface area contributed by atoms with Gasteiger partial charge in [0, 0.05) is 18.8 Å². The molecule has 0 saturated heterocycles. The van der Waals surface area contributed by atoms with E-state index < -0.39 is 11.7 Å². The number of anilines is 2. The second-order valence-electron chi connectivity index (χ2n) is 4.85. The number of pyridine rings is 1. The Kier molecular flexibility index (Phi) is 3.98. The van der Waals surface area contributed by atoms with Crippen molar-refractivity contribution in [2.75, 3.05) is 23.0 Å². The second-order valence-corrected chi connectivity index (χ2v) is 7.30. The fraction of sp³-hybridized carbons (Fsp3) is 0.357. The highest BCUT2D eigenvalue weighted by Gasteiger charge is 2.36. The third-order valence-electron chi connectivity index (χ3n) is 3.44. The molecule has 8 heteroatoms. The topological polar surface area (TPSA) is 28.2 Å². The molecule has 1 atom stereocenters. The molecule has 2 aromatic rings. The first-order valence-corrected chi connectivity index (χ1v) is 8.55. The predicted molar refractivity (Wildman–Crippen MR) is 84.7 cm³/mol. The maximum absolute atomic E-state index is 12.8. The average Bonchev–Trinajstić information content (AvgIpc) is 3.03. The Bertz CT molecular complexity index is 684. The molecule has 2 aromatic heterocycles. The number of rotatable bonds is 3. The summed E-state index contributed by atoms with van der Waals surface area (Å²) in [5, 5.41) is 5.16. The highest BCUT2D eigenvalue weighted by molar-refractivity contribution is 8.01. The minimum absolute atomic E-state index is 0.189. The van der Waals surface area contributed by atoms with E-state index in [1.807, 2.05) is 23.4 Å². The zero-order chi connectivity index (χ0) is 15.9. The van der Waals surface area contributed by atoms with Crippen LogP contribution in [0.15, 0.2) is 27.9 Å². The third-order valence-corrected chi connectivity index (χ3v) is 5.59. The Hall–Kier alpha value is -1.41. The van der Waals surface area contributed by atoms with E-state index in [9.17, 15) is 13.2 Å². The molecule has 0 fully saturated rings. The minimum Gasteiger partial charge on any atom is -0.358 e. The van der Waals surface area contributed by atoms with E-state index in [2.05, 4.69) is 17.2 Å². The summed E-state index contributed by atoms with van der Waals surface area (Å²) >= 11 is 3.38. The van der Waals surface area contributed by atoms with Crippen LogP contribution >= 0.6 is 23.1 Å². The van der Waals surface area contributed by atoms with Crippen LogP contribution in [0.1, 0.15) is 24.2 Å². The molecule has 1 aliphatic heterocycles. The van der Waals surface area contributed by atoms with Crippen molar-refractivity contribution in [1.82, 2.24) is 4.98 Å². The number of nitrogens with zero attached hydrogens (tertiary/aromatic N) is 2. The number of fused-ring (bicyclic) bond motifs is 1. The smallest absolute Gasteiger partial charge is 0.358 e. The summed E-state index contributed by atoms with van der Waals surface area (Å²) in [5.41, 5.74) is 0.758. The van der Waals surface area contributed by atoms with Crippen molar-refractivity contribution in [2.24, 2.45) is 0 Å². The van der Waals surface area contributed by atoms with Gasteiger partial charge in [-0.25, -0.2) is 4.98 Å². The summed E-state index contributed by atoms with van der Waals surface area (Å²) in [6.07, 6.45) is -3.69. The lowest BCUT2D eigenvalue weighted by Gasteiger charge is -2.21. The van der Waals surface area contributed by atoms with Gasteiger partial charge in [0.1, 0.15) is 6.17 Å². The van der Waals surface area contributed by atoms with Gasteiger partial charge in [-0.1, -0.05) is 6.92 Å². The molecule has 0 spiro atoms. The monoisotopic (exact) mass is 345 g/mol. The first-order valence-electron chi connectivity index (χ1n) is 6.68. The van der Waals surface area contributed by atoms with E-state index in [-0.39, 0.29) is 6.17 Å². The molecule has 3 heterocycles. The molecular formula is C14H14F3N3S2. The van der Waals surface area contributed by atoms with Crippen molar-refractivity contribution < 1.29 is 13.2 Å². The van der Waals surface area contributed by atoms with Crippen LogP contribution in [0.2, 0.25) is 0 Å². The summed E-state index contributed by atoms with van der Waals surface area (Å²) in [4.78, 5) is 5.85. The number of thiophene rings is 1. The lowest BCUT2D eigenvalue weighted by Crippen LogP contribution is -2.23. The van der Waals surface area contributed by atoms with Crippen molar-refractivity contribution in [3.05, 3.63) is 34.8 Å². The first-order chi connectivity index (χ1) is 10.4. The van der Waals surface area contributed by atoms with E-state index in [0.29, 0.717) is 11.5 Å². The Morgan fingerprint density at radius 1 is 1.45 bits per heavy atom. The van der Waals surface area contributed by atoms with Crippen LogP contribution in [-0.2, 0) is 6.18 Å². The minimum atomic E-state index is -4.38. The van der Waals surface area contributed by atoms with Gasteiger partial charge < -0.3 is 10.2 Å². The summed E-state index contributed by atoms with van der Waals surface area (Å²) < 4.78 is 39.6. The van der Waals surface area contributed by atoms with Crippen molar-refractivity contribution in [2.45, 2.75) is 23.5 Å². The Morgan fingerprint density at radius 3 is 2.91 bits per heavy atom. The number of hydrogen-bond acceptors (Lipinski definition) is 5. The molecule has 0 saturated carbocycles. The predicted octanol–water partition coefficient (Wildman–Crippen LogP) is 4.83. The van der Waals surface area contributed by atoms with Crippen molar-refractivity contribution in [3.63, 3.8) is 0 Å². The van der Waals surface area contributed by atoms with Crippen molar-refractivity contribution in [3.8, 4) is 0 Å². The molecule has 22 heavy (non-hydrogen) atoms. The van der Waals surface area contributed by atoms with Crippen LogP contribution in [0.5, 0.6) is 0 Å². The average molecular weight is 345 g/mol. The van der Waals surface area contributed by atoms with Gasteiger partial charge >= 0.3 is 6.18 Å². The number of aromatic nitrogens is 1. The van der Waals surface area contributed by atoms with Crippen molar-refractivity contribution in [1.29, 1.82) is 0 Å². The molecular weight excluding hydrogens is 331 g/mol. The van der Waals surface area contributed by atoms with Gasteiger partial charge in [0.2, 0.25) is 0 Å². The van der Waals surface area contributed by atoms with Crippen molar-refractivity contribution >= 4 is 34.6 Å². The molecule has 0 radical (unpaired) electrons. The van der Waals surface area contributed by atoms with Crippen LogP contribution in [0.4, 0.5) is 24.7 Å². The first kappa shape index (κ1) is 15.5. The molecule has 0 amide bonds. The molecule has 1 N–H and O–H groups in total. The number of hydrogen-bond donors (Lipinski definition) is 1. The van der Waals surface area contributed by atoms with E-state index in [4.69, 9.17) is 0 Å². The van der Waals surface area contributed by atoms with Gasteiger partial charge in [-0.05, 0) is 23.3 Å². The Balaban J connectivity index is 1.93. The highest BCUT2D eigenvalue weighted by atomic mass is 32.2. The van der Waals surface area contributed by atoms with Gasteiger partial charge in [-0.2, -0.15) is 13.2 Å². The van der Waals surface area contributed by atoms with Gasteiger partial charge in [0.25, 0.3) is 0 Å².